The minimum atomic E-state index is -2.08. The number of aromatic nitrogens is 2. The first-order chi connectivity index (χ1) is 22.3. The molecule has 15 heteroatoms. The molecule has 0 amide bonds. The zero-order valence-corrected chi connectivity index (χ0v) is 26.9. The summed E-state index contributed by atoms with van der Waals surface area (Å²) in [5.41, 5.74) is -2.47. The van der Waals surface area contributed by atoms with Crippen molar-refractivity contribution in [2.24, 2.45) is 20.0 Å². The molecule has 0 bridgehead atoms. The van der Waals surface area contributed by atoms with E-state index in [-0.39, 0.29) is 62.7 Å². The van der Waals surface area contributed by atoms with E-state index in [4.69, 9.17) is 40.4 Å². The molecule has 2 N–H and O–H groups in total. The lowest BCUT2D eigenvalue weighted by Gasteiger charge is -2.42. The number of fused-ring (bicyclic) bond motifs is 2. The van der Waals surface area contributed by atoms with E-state index in [1.807, 2.05) is 0 Å². The number of nitrogens with zero attached hydrogens (tertiary/aromatic N) is 2. The van der Waals surface area contributed by atoms with Gasteiger partial charge in [-0.3, -0.25) is 23.5 Å². The number of aliphatic carboxylic acids is 1. The topological polar surface area (TPSA) is 174 Å². The van der Waals surface area contributed by atoms with Gasteiger partial charge in [0.05, 0.1) is 26.9 Å². The molecule has 14 nitrogen and oxygen atoms in total. The van der Waals surface area contributed by atoms with Crippen molar-refractivity contribution in [3.63, 3.8) is 0 Å². The fourth-order valence-electron chi connectivity index (χ4n) is 6.64. The van der Waals surface area contributed by atoms with Gasteiger partial charge >= 0.3 is 11.7 Å². The number of carbonyl (C=O) groups is 3. The van der Waals surface area contributed by atoms with Gasteiger partial charge in [-0.25, -0.2) is 9.59 Å². The number of carboxylic acid groups (broad SMARTS) is 1. The third-order valence-electron chi connectivity index (χ3n) is 8.95. The number of hydrogen-bond donors (Lipinski definition) is 2. The predicted molar refractivity (Wildman–Crippen MR) is 167 cm³/mol. The van der Waals surface area contributed by atoms with Gasteiger partial charge in [0.1, 0.15) is 27.9 Å². The fourth-order valence-corrected chi connectivity index (χ4v) is 6.91. The van der Waals surface area contributed by atoms with E-state index in [1.54, 1.807) is 13.0 Å². The standard InChI is InChI=1S/C32H30ClN3O11/c1-13-9-15-22(27(39)32(13)28(40)23-18(44-5)11-19(45-6)25(33)26(23)47-32)21(24-29(34-15)35(2)31(42)36(3)30(24)41)14-7-8-16(17(10-14)43-4)46-12-20(37)38/h7-8,10-11,13,21,34H,9,12H2,1-6H3,(H,37,38)/t13-,21?,32+/m1/s1. The number of carbonyl (C=O) groups excluding carboxylic acids is 2. The van der Waals surface area contributed by atoms with Gasteiger partial charge in [0, 0.05) is 43.3 Å². The van der Waals surface area contributed by atoms with E-state index < -0.39 is 52.8 Å². The molecule has 2 aromatic carbocycles. The third-order valence-corrected chi connectivity index (χ3v) is 9.31. The number of hydrogen-bond acceptors (Lipinski definition) is 11. The molecule has 246 valence electrons. The van der Waals surface area contributed by atoms with E-state index >= 15 is 4.79 Å². The van der Waals surface area contributed by atoms with Crippen molar-refractivity contribution in [2.75, 3.05) is 33.3 Å². The summed E-state index contributed by atoms with van der Waals surface area (Å²) in [5, 5.41) is 12.3. The van der Waals surface area contributed by atoms with Crippen LogP contribution in [0.3, 0.4) is 0 Å². The van der Waals surface area contributed by atoms with E-state index in [0.717, 1.165) is 4.57 Å². The molecule has 0 saturated heterocycles. The van der Waals surface area contributed by atoms with Gasteiger partial charge in [-0.05, 0) is 24.1 Å². The minimum Gasteiger partial charge on any atom is -0.496 e. The SMILES string of the molecule is COc1cc(C2C3=C(C[C@@H](C)[C@]4(Oc5c(Cl)c(OC)cc(OC)c5C4=O)C3=O)Nc3c2c(=O)n(C)c(=O)n3C)ccc1OCC(=O)O. The quantitative estimate of drug-likeness (QED) is 0.353. The molecule has 1 aromatic heterocycles. The summed E-state index contributed by atoms with van der Waals surface area (Å²) in [7, 11) is 6.93. The Balaban J connectivity index is 1.59. The van der Waals surface area contributed by atoms with Crippen molar-refractivity contribution in [2.45, 2.75) is 24.9 Å². The number of ketones is 2. The molecule has 1 spiro atoms. The molecule has 1 aliphatic carbocycles. The molecule has 3 heterocycles. The summed E-state index contributed by atoms with van der Waals surface area (Å²) < 4.78 is 30.2. The van der Waals surface area contributed by atoms with Gasteiger partial charge in [-0.2, -0.15) is 0 Å². The van der Waals surface area contributed by atoms with Crippen LogP contribution in [0.2, 0.25) is 5.02 Å². The Morgan fingerprint density at radius 3 is 2.32 bits per heavy atom. The molecular weight excluding hydrogens is 638 g/mol. The smallest absolute Gasteiger partial charge is 0.341 e. The molecular formula is C32H30ClN3O11. The second kappa shape index (κ2) is 11.2. The maximum absolute atomic E-state index is 15.0. The van der Waals surface area contributed by atoms with Crippen molar-refractivity contribution in [3.8, 4) is 28.7 Å². The first-order valence-electron chi connectivity index (χ1n) is 14.4. The zero-order valence-electron chi connectivity index (χ0n) is 26.2. The Labute approximate surface area is 272 Å². The van der Waals surface area contributed by atoms with Crippen LogP contribution in [0.15, 0.2) is 45.1 Å². The van der Waals surface area contributed by atoms with Gasteiger partial charge < -0.3 is 34.1 Å². The lowest BCUT2D eigenvalue weighted by molar-refractivity contribution is -0.139. The largest absolute Gasteiger partial charge is 0.496 e. The average molecular weight is 668 g/mol. The molecule has 6 rings (SSSR count). The molecule has 2 aliphatic heterocycles. The molecule has 3 atom stereocenters. The van der Waals surface area contributed by atoms with Gasteiger partial charge in [-0.1, -0.05) is 24.6 Å². The number of halogens is 1. The van der Waals surface area contributed by atoms with Gasteiger partial charge in [0.15, 0.2) is 23.9 Å². The van der Waals surface area contributed by atoms with Crippen molar-refractivity contribution < 1.29 is 43.2 Å². The summed E-state index contributed by atoms with van der Waals surface area (Å²) in [5.74, 6) is -3.81. The summed E-state index contributed by atoms with van der Waals surface area (Å²) >= 11 is 6.61. The van der Waals surface area contributed by atoms with Crippen LogP contribution in [0.5, 0.6) is 28.7 Å². The van der Waals surface area contributed by atoms with Crippen LogP contribution in [0.25, 0.3) is 0 Å². The Morgan fingerprint density at radius 2 is 1.68 bits per heavy atom. The van der Waals surface area contributed by atoms with Crippen LogP contribution >= 0.6 is 11.6 Å². The van der Waals surface area contributed by atoms with E-state index in [0.29, 0.717) is 11.3 Å². The average Bonchev–Trinajstić information content (AvgIpc) is 3.38. The molecule has 0 fully saturated rings. The highest BCUT2D eigenvalue weighted by atomic mass is 35.5. The number of allylic oxidation sites excluding steroid dienone is 1. The number of ether oxygens (including phenoxy) is 5. The Kier molecular flexibility index (Phi) is 7.58. The van der Waals surface area contributed by atoms with E-state index in [9.17, 15) is 19.2 Å². The monoisotopic (exact) mass is 667 g/mol. The maximum Gasteiger partial charge on any atom is 0.341 e. The molecule has 3 aliphatic rings. The van der Waals surface area contributed by atoms with Crippen molar-refractivity contribution in [1.29, 1.82) is 0 Å². The molecule has 3 aromatic rings. The number of benzene rings is 2. The van der Waals surface area contributed by atoms with E-state index in [1.165, 1.54) is 58.2 Å². The highest BCUT2D eigenvalue weighted by molar-refractivity contribution is 6.36. The molecule has 1 unspecified atom stereocenters. The van der Waals surface area contributed by atoms with Gasteiger partial charge in [-0.15, -0.1) is 0 Å². The van der Waals surface area contributed by atoms with Crippen LogP contribution in [0.1, 0.15) is 40.7 Å². The number of rotatable bonds is 7. The lowest BCUT2D eigenvalue weighted by atomic mass is 9.66. The molecule has 0 radical (unpaired) electrons. The van der Waals surface area contributed by atoms with Crippen molar-refractivity contribution in [1.82, 2.24) is 9.13 Å². The first kappa shape index (κ1) is 31.7. The van der Waals surface area contributed by atoms with E-state index in [2.05, 4.69) is 5.32 Å². The maximum atomic E-state index is 15.0. The van der Waals surface area contributed by atoms with Crippen LogP contribution in [0.4, 0.5) is 5.82 Å². The first-order valence-corrected chi connectivity index (χ1v) is 14.8. The normalized spacial score (nSPS) is 21.0. The Hall–Kier alpha value is -5.24. The fraction of sp³-hybridized carbons (Fsp3) is 0.344. The van der Waals surface area contributed by atoms with Crippen molar-refractivity contribution >= 4 is 35.0 Å². The third kappa shape index (κ3) is 4.42. The number of anilines is 1. The summed E-state index contributed by atoms with van der Waals surface area (Å²) in [4.78, 5) is 67.5. The Morgan fingerprint density at radius 1 is 1.00 bits per heavy atom. The summed E-state index contributed by atoms with van der Waals surface area (Å²) in [6.07, 6.45) is 0.105. The van der Waals surface area contributed by atoms with Gasteiger partial charge in [0.2, 0.25) is 17.2 Å². The number of methoxy groups -OCH3 is 3. The summed E-state index contributed by atoms with van der Waals surface area (Å²) in [6.45, 7) is 1.05. The number of Topliss-reactive ketones (excluding diaryl/α,β-unsaturated/α-hetero) is 2. The Bertz CT molecular complexity index is 2060. The van der Waals surface area contributed by atoms with Crippen LogP contribution in [0, 0.1) is 5.92 Å². The second-order valence-corrected chi connectivity index (χ2v) is 11.8. The number of nitrogens with one attached hydrogen (secondary N) is 1. The lowest BCUT2D eigenvalue weighted by Crippen LogP contribution is -2.58. The molecule has 47 heavy (non-hydrogen) atoms. The zero-order chi connectivity index (χ0) is 34.1. The number of carboxylic acids is 1. The highest BCUT2D eigenvalue weighted by Gasteiger charge is 2.63. The van der Waals surface area contributed by atoms with Crippen LogP contribution < -0.4 is 40.3 Å². The van der Waals surface area contributed by atoms with Crippen LogP contribution in [-0.4, -0.2) is 65.3 Å². The van der Waals surface area contributed by atoms with Gasteiger partial charge in [0.25, 0.3) is 5.56 Å². The minimum absolute atomic E-state index is 0.0109. The highest BCUT2D eigenvalue weighted by Crippen LogP contribution is 2.56. The molecule has 0 saturated carbocycles. The van der Waals surface area contributed by atoms with Crippen LogP contribution in [-0.2, 0) is 23.7 Å². The van der Waals surface area contributed by atoms with Crippen molar-refractivity contribution in [3.05, 3.63) is 78.1 Å². The second-order valence-electron chi connectivity index (χ2n) is 11.4. The summed E-state index contributed by atoms with van der Waals surface area (Å²) in [6, 6.07) is 5.97. The predicted octanol–water partition coefficient (Wildman–Crippen LogP) is 2.66.